The van der Waals surface area contributed by atoms with Crippen molar-refractivity contribution in [3.8, 4) is 0 Å². The molecular weight excluding hydrogens is 461 g/mol. The van der Waals surface area contributed by atoms with Crippen LogP contribution in [0.4, 0.5) is 74.6 Å². The van der Waals surface area contributed by atoms with Crippen LogP contribution in [0.5, 0.6) is 0 Å². The molecule has 0 atom stereocenters. The first-order valence-corrected chi connectivity index (χ1v) is 5.59. The molecule has 0 rings (SSSR count). The van der Waals surface area contributed by atoms with Gasteiger partial charge in [-0.2, -0.15) is 74.6 Å². The van der Waals surface area contributed by atoms with Crippen LogP contribution in [0.2, 0.25) is 0 Å². The van der Waals surface area contributed by atoms with Gasteiger partial charge in [-0.05, 0) is 10.6 Å². The van der Waals surface area contributed by atoms with Crippen LogP contribution in [0.25, 0.3) is 10.4 Å². The van der Waals surface area contributed by atoms with Crippen molar-refractivity contribution in [2.24, 2.45) is 5.11 Å². The third-order valence-electron chi connectivity index (χ3n) is 2.88. The molecule has 0 unspecified atom stereocenters. The molecule has 0 spiro atoms. The monoisotopic (exact) mass is 461 g/mol. The maximum Gasteiger partial charge on any atom is 0.460 e. The molecule has 3 nitrogen and oxygen atoms in total. The summed E-state index contributed by atoms with van der Waals surface area (Å²) in [6.07, 6.45) is -7.80. The molecule has 0 amide bonds. The number of alkyl halides is 17. The Morgan fingerprint density at radius 1 is 0.429 bits per heavy atom. The molecule has 28 heavy (non-hydrogen) atoms. The zero-order valence-corrected chi connectivity index (χ0v) is 11.8. The third-order valence-corrected chi connectivity index (χ3v) is 2.88. The second-order valence-electron chi connectivity index (χ2n) is 4.67. The summed E-state index contributed by atoms with van der Waals surface area (Å²) in [5, 5.41) is 0.564. The fraction of sp³-hybridized carbons (Fsp3) is 1.00. The molecule has 0 radical (unpaired) electrons. The Kier molecular flexibility index (Phi) is 5.89. The van der Waals surface area contributed by atoms with Gasteiger partial charge in [0, 0.05) is 4.91 Å². The molecular formula is C8F17N3. The van der Waals surface area contributed by atoms with E-state index in [4.69, 9.17) is 5.53 Å². The molecule has 0 heterocycles. The fourth-order valence-electron chi connectivity index (χ4n) is 1.27. The first kappa shape index (κ1) is 26.1. The van der Waals surface area contributed by atoms with E-state index in [1.54, 1.807) is 0 Å². The van der Waals surface area contributed by atoms with Crippen molar-refractivity contribution in [3.05, 3.63) is 10.4 Å². The minimum atomic E-state index is -8.70. The largest absolute Gasteiger partial charge is 0.460 e. The standard InChI is InChI=1S/C8F17N3/c9-1(10,3(13,14)5(17,18)7(21,22)23)2(11,12)4(15,16)6(19,20)8(24,25)27-28-26. The predicted octanol–water partition coefficient (Wildman–Crippen LogP) is 6.26. The zero-order valence-electron chi connectivity index (χ0n) is 11.8. The Morgan fingerprint density at radius 3 is 0.929 bits per heavy atom. The fourth-order valence-corrected chi connectivity index (χ4v) is 1.27. The molecule has 0 saturated carbocycles. The van der Waals surface area contributed by atoms with Crippen molar-refractivity contribution in [1.29, 1.82) is 0 Å². The molecule has 0 aliphatic carbocycles. The van der Waals surface area contributed by atoms with Gasteiger partial charge in [0.2, 0.25) is 0 Å². The molecule has 0 aliphatic rings. The minimum absolute atomic E-state index is 0.564. The zero-order chi connectivity index (χ0) is 23.4. The van der Waals surface area contributed by atoms with Gasteiger partial charge in [0.1, 0.15) is 0 Å². The first-order chi connectivity index (χ1) is 11.8. The summed E-state index contributed by atoms with van der Waals surface area (Å²) >= 11 is 0. The van der Waals surface area contributed by atoms with E-state index in [1.807, 2.05) is 0 Å². The quantitative estimate of drug-likeness (QED) is 0.141. The maximum absolute atomic E-state index is 13.0. The van der Waals surface area contributed by atoms with Gasteiger partial charge >= 0.3 is 47.8 Å². The molecule has 0 aliphatic heterocycles. The van der Waals surface area contributed by atoms with E-state index in [2.05, 4.69) is 0 Å². The Morgan fingerprint density at radius 2 is 0.679 bits per heavy atom. The molecule has 0 aromatic heterocycles. The van der Waals surface area contributed by atoms with Crippen LogP contribution in [0.1, 0.15) is 0 Å². The van der Waals surface area contributed by atoms with Gasteiger partial charge in [-0.3, -0.25) is 0 Å². The van der Waals surface area contributed by atoms with Crippen molar-refractivity contribution < 1.29 is 74.6 Å². The molecule has 20 heteroatoms. The Balaban J connectivity index is 6.76. The Bertz CT molecular complexity index is 639. The number of nitrogens with zero attached hydrogens (tertiary/aromatic N) is 3. The average Bonchev–Trinajstić information content (AvgIpc) is 2.44. The summed E-state index contributed by atoms with van der Waals surface area (Å²) in [6, 6.07) is -7.05. The average molecular weight is 461 g/mol. The van der Waals surface area contributed by atoms with Crippen molar-refractivity contribution in [2.45, 2.75) is 47.8 Å². The van der Waals surface area contributed by atoms with Crippen LogP contribution >= 0.6 is 0 Å². The molecule has 0 bridgehead atoms. The van der Waals surface area contributed by atoms with E-state index in [0.29, 0.717) is 5.11 Å². The summed E-state index contributed by atoms with van der Waals surface area (Å²) in [7, 11) is 0. The van der Waals surface area contributed by atoms with E-state index >= 15 is 0 Å². The number of halogens is 17. The van der Waals surface area contributed by atoms with Crippen LogP contribution in [0.3, 0.4) is 0 Å². The van der Waals surface area contributed by atoms with Gasteiger partial charge < -0.3 is 0 Å². The number of hydrogen-bond acceptors (Lipinski definition) is 1. The lowest BCUT2D eigenvalue weighted by atomic mass is 9.90. The minimum Gasteiger partial charge on any atom is -0.193 e. The molecule has 0 saturated heterocycles. The smallest absolute Gasteiger partial charge is 0.193 e. The molecule has 0 N–H and O–H groups in total. The second kappa shape index (κ2) is 6.31. The summed E-state index contributed by atoms with van der Waals surface area (Å²) in [4.78, 5) is 0.764. The van der Waals surface area contributed by atoms with Crippen molar-refractivity contribution >= 4 is 0 Å². The Hall–Kier alpha value is -1.88. The van der Waals surface area contributed by atoms with E-state index in [9.17, 15) is 74.6 Å². The van der Waals surface area contributed by atoms with E-state index < -0.39 is 47.8 Å². The van der Waals surface area contributed by atoms with Crippen LogP contribution in [-0.2, 0) is 0 Å². The number of hydrogen-bond donors (Lipinski definition) is 0. The van der Waals surface area contributed by atoms with Crippen LogP contribution in [0.15, 0.2) is 5.11 Å². The summed E-state index contributed by atoms with van der Waals surface area (Å²) in [6.45, 7) is 0. The molecule has 166 valence electrons. The lowest BCUT2D eigenvalue weighted by Crippen LogP contribution is -2.74. The SMILES string of the molecule is [N-]=[N+]=NC(F)(F)C(F)(F)C(F)(F)C(F)(F)C(F)(F)C(F)(F)C(F)(F)C(F)(F)F. The van der Waals surface area contributed by atoms with Gasteiger partial charge in [0.15, 0.2) is 0 Å². The summed E-state index contributed by atoms with van der Waals surface area (Å²) in [5.41, 5.74) is 7.44. The lowest BCUT2D eigenvalue weighted by Gasteiger charge is -2.42. The van der Waals surface area contributed by atoms with E-state index in [0.717, 1.165) is 4.91 Å². The Labute approximate surface area is 139 Å². The lowest BCUT2D eigenvalue weighted by molar-refractivity contribution is -0.461. The maximum atomic E-state index is 13.0. The third kappa shape index (κ3) is 3.04. The number of rotatable bonds is 7. The van der Waals surface area contributed by atoms with Gasteiger partial charge in [0.05, 0.1) is 0 Å². The highest BCUT2D eigenvalue weighted by atomic mass is 19.4. The van der Waals surface area contributed by atoms with Crippen molar-refractivity contribution in [3.63, 3.8) is 0 Å². The summed E-state index contributed by atoms with van der Waals surface area (Å²) < 4.78 is 215. The molecule has 0 aromatic rings. The van der Waals surface area contributed by atoms with Crippen LogP contribution < -0.4 is 0 Å². The number of azide groups is 1. The molecule has 0 aromatic carbocycles. The highest BCUT2D eigenvalue weighted by molar-refractivity contribution is 5.14. The van der Waals surface area contributed by atoms with Gasteiger partial charge in [-0.15, -0.1) is 0 Å². The normalized spacial score (nSPS) is 16.0. The molecule has 0 fully saturated rings. The predicted molar refractivity (Wildman–Crippen MR) is 49.8 cm³/mol. The first-order valence-electron chi connectivity index (χ1n) is 5.59. The van der Waals surface area contributed by atoms with Gasteiger partial charge in [-0.1, -0.05) is 0 Å². The van der Waals surface area contributed by atoms with Gasteiger partial charge in [0.25, 0.3) is 0 Å². The highest BCUT2D eigenvalue weighted by Crippen LogP contribution is 2.63. The highest BCUT2D eigenvalue weighted by Gasteiger charge is 2.95. The van der Waals surface area contributed by atoms with Crippen LogP contribution in [-0.4, -0.2) is 47.8 Å². The van der Waals surface area contributed by atoms with Crippen molar-refractivity contribution in [2.75, 3.05) is 0 Å². The van der Waals surface area contributed by atoms with Gasteiger partial charge in [-0.25, -0.2) is 0 Å². The van der Waals surface area contributed by atoms with Crippen molar-refractivity contribution in [1.82, 2.24) is 0 Å². The van der Waals surface area contributed by atoms with E-state index in [-0.39, 0.29) is 0 Å². The van der Waals surface area contributed by atoms with E-state index in [1.165, 1.54) is 0 Å². The van der Waals surface area contributed by atoms with Crippen LogP contribution in [0, 0.1) is 0 Å². The topological polar surface area (TPSA) is 48.8 Å². The second-order valence-corrected chi connectivity index (χ2v) is 4.67. The summed E-state index contributed by atoms with van der Waals surface area (Å²) in [5.74, 6) is -50.6.